The molecule has 0 aromatic carbocycles. The number of hydrogen-bond acceptors (Lipinski definition) is 2. The highest BCUT2D eigenvalue weighted by Gasteiger charge is 2.42. The minimum absolute atomic E-state index is 0.305. The van der Waals surface area contributed by atoms with E-state index in [0.29, 0.717) is 11.1 Å². The van der Waals surface area contributed by atoms with Crippen molar-refractivity contribution in [2.45, 2.75) is 84.7 Å². The summed E-state index contributed by atoms with van der Waals surface area (Å²) in [5, 5.41) is 3.83. The van der Waals surface area contributed by atoms with Crippen molar-refractivity contribution in [1.29, 1.82) is 0 Å². The number of rotatable bonds is 7. The van der Waals surface area contributed by atoms with Crippen molar-refractivity contribution >= 4 is 0 Å². The first kappa shape index (κ1) is 17.0. The average molecular weight is 268 g/mol. The maximum atomic E-state index is 3.83. The number of nitrogens with zero attached hydrogens (tertiary/aromatic N) is 1. The summed E-state index contributed by atoms with van der Waals surface area (Å²) in [5.41, 5.74) is 0.691. The van der Waals surface area contributed by atoms with Crippen molar-refractivity contribution in [2.75, 3.05) is 19.6 Å². The summed E-state index contributed by atoms with van der Waals surface area (Å²) in [6.07, 6.45) is 6.40. The Hall–Kier alpha value is -0.0800. The van der Waals surface area contributed by atoms with Crippen LogP contribution in [0.5, 0.6) is 0 Å². The Balaban J connectivity index is 2.82. The fraction of sp³-hybridized carbons (Fsp3) is 1.00. The van der Waals surface area contributed by atoms with Gasteiger partial charge in [0.05, 0.1) is 0 Å². The molecule has 19 heavy (non-hydrogen) atoms. The summed E-state index contributed by atoms with van der Waals surface area (Å²) in [7, 11) is 0. The van der Waals surface area contributed by atoms with Gasteiger partial charge in [-0.05, 0) is 38.5 Å². The van der Waals surface area contributed by atoms with Gasteiger partial charge in [-0.1, -0.05) is 41.0 Å². The highest BCUT2D eigenvalue weighted by Crippen LogP contribution is 2.32. The van der Waals surface area contributed by atoms with Crippen LogP contribution in [0.3, 0.4) is 0 Å². The molecule has 0 aromatic rings. The molecule has 0 radical (unpaired) electrons. The molecule has 1 heterocycles. The van der Waals surface area contributed by atoms with Crippen LogP contribution in [-0.4, -0.2) is 35.6 Å². The molecule has 1 rings (SSSR count). The predicted octanol–water partition coefficient (Wildman–Crippen LogP) is 4.06. The van der Waals surface area contributed by atoms with Gasteiger partial charge in [-0.3, -0.25) is 4.90 Å². The summed E-state index contributed by atoms with van der Waals surface area (Å²) in [5.74, 6) is 0.821. The zero-order valence-electron chi connectivity index (χ0n) is 14.2. The highest BCUT2D eigenvalue weighted by molar-refractivity contribution is 5.02. The van der Waals surface area contributed by atoms with E-state index in [9.17, 15) is 0 Å². The summed E-state index contributed by atoms with van der Waals surface area (Å²) in [4.78, 5) is 2.81. The molecule has 1 fully saturated rings. The molecule has 2 unspecified atom stereocenters. The van der Waals surface area contributed by atoms with Gasteiger partial charge < -0.3 is 5.32 Å². The van der Waals surface area contributed by atoms with Crippen molar-refractivity contribution in [2.24, 2.45) is 5.92 Å². The van der Waals surface area contributed by atoms with Gasteiger partial charge in [0, 0.05) is 30.7 Å². The van der Waals surface area contributed by atoms with Crippen LogP contribution in [0, 0.1) is 5.92 Å². The van der Waals surface area contributed by atoms with Gasteiger partial charge in [-0.2, -0.15) is 0 Å². The molecule has 1 aliphatic heterocycles. The van der Waals surface area contributed by atoms with E-state index in [1.807, 2.05) is 0 Å². The summed E-state index contributed by atoms with van der Waals surface area (Å²) in [6, 6.07) is 0. The van der Waals surface area contributed by atoms with Gasteiger partial charge >= 0.3 is 0 Å². The van der Waals surface area contributed by atoms with Crippen molar-refractivity contribution < 1.29 is 0 Å². The van der Waals surface area contributed by atoms with Crippen LogP contribution in [0.15, 0.2) is 0 Å². The standard InChI is InChI=1S/C17H36N2/c1-7-11-15(5)12-19-14-16(6,8-2)18-13-17(19,9-3)10-4/h15,18H,7-14H2,1-6H3. The lowest BCUT2D eigenvalue weighted by molar-refractivity contribution is -0.00756. The molecule has 2 nitrogen and oxygen atoms in total. The van der Waals surface area contributed by atoms with Gasteiger partial charge in [0.25, 0.3) is 0 Å². The Morgan fingerprint density at radius 2 is 1.74 bits per heavy atom. The molecular weight excluding hydrogens is 232 g/mol. The Kier molecular flexibility index (Phi) is 6.32. The summed E-state index contributed by atoms with van der Waals surface area (Å²) in [6.45, 7) is 17.8. The highest BCUT2D eigenvalue weighted by atomic mass is 15.3. The van der Waals surface area contributed by atoms with Gasteiger partial charge in [-0.25, -0.2) is 0 Å². The van der Waals surface area contributed by atoms with Crippen molar-refractivity contribution in [3.63, 3.8) is 0 Å². The Morgan fingerprint density at radius 3 is 2.21 bits per heavy atom. The van der Waals surface area contributed by atoms with Crippen molar-refractivity contribution in [3.8, 4) is 0 Å². The third kappa shape index (κ3) is 3.95. The van der Waals surface area contributed by atoms with Crippen molar-refractivity contribution in [1.82, 2.24) is 10.2 Å². The normalized spacial score (nSPS) is 29.4. The minimum Gasteiger partial charge on any atom is -0.308 e. The second-order valence-electron chi connectivity index (χ2n) is 6.97. The van der Waals surface area contributed by atoms with E-state index in [0.717, 1.165) is 12.5 Å². The second-order valence-corrected chi connectivity index (χ2v) is 6.97. The first-order valence-electron chi connectivity index (χ1n) is 8.45. The smallest absolute Gasteiger partial charge is 0.0329 e. The molecular formula is C17H36N2. The van der Waals surface area contributed by atoms with Crippen LogP contribution in [0.4, 0.5) is 0 Å². The third-order valence-corrected chi connectivity index (χ3v) is 5.46. The van der Waals surface area contributed by atoms with E-state index in [-0.39, 0.29) is 0 Å². The zero-order valence-corrected chi connectivity index (χ0v) is 14.2. The first-order valence-corrected chi connectivity index (χ1v) is 8.45. The second kappa shape index (κ2) is 7.08. The fourth-order valence-corrected chi connectivity index (χ4v) is 3.54. The molecule has 0 aromatic heterocycles. The number of hydrogen-bond donors (Lipinski definition) is 1. The predicted molar refractivity (Wildman–Crippen MR) is 85.7 cm³/mol. The SMILES string of the molecule is CCCC(C)CN1CC(C)(CC)NCC1(CC)CC. The van der Waals surface area contributed by atoms with E-state index >= 15 is 0 Å². The quantitative estimate of drug-likeness (QED) is 0.749. The fourth-order valence-electron chi connectivity index (χ4n) is 3.54. The van der Waals surface area contributed by atoms with E-state index < -0.39 is 0 Å². The van der Waals surface area contributed by atoms with Crippen molar-refractivity contribution in [3.05, 3.63) is 0 Å². The summed E-state index contributed by atoms with van der Waals surface area (Å²) < 4.78 is 0. The molecule has 0 bridgehead atoms. The molecule has 0 spiro atoms. The molecule has 1 saturated heterocycles. The Labute approximate surface area is 121 Å². The Bertz CT molecular complexity index is 260. The number of piperazine rings is 1. The molecule has 114 valence electrons. The zero-order chi connectivity index (χ0) is 14.5. The van der Waals surface area contributed by atoms with Crippen LogP contribution in [0.1, 0.15) is 73.6 Å². The number of nitrogens with one attached hydrogen (secondary N) is 1. The van der Waals surface area contributed by atoms with Crippen LogP contribution in [-0.2, 0) is 0 Å². The average Bonchev–Trinajstić information content (AvgIpc) is 2.40. The van der Waals surface area contributed by atoms with E-state index in [2.05, 4.69) is 51.8 Å². The molecule has 0 amide bonds. The lowest BCUT2D eigenvalue weighted by Crippen LogP contribution is -2.69. The largest absolute Gasteiger partial charge is 0.308 e. The minimum atomic E-state index is 0.305. The summed E-state index contributed by atoms with van der Waals surface area (Å²) >= 11 is 0. The van der Waals surface area contributed by atoms with E-state index in [4.69, 9.17) is 0 Å². The molecule has 2 atom stereocenters. The van der Waals surface area contributed by atoms with Crippen LogP contribution in [0.2, 0.25) is 0 Å². The molecule has 1 N–H and O–H groups in total. The monoisotopic (exact) mass is 268 g/mol. The molecule has 2 heteroatoms. The van der Waals surface area contributed by atoms with Gasteiger partial charge in [0.15, 0.2) is 0 Å². The lowest BCUT2D eigenvalue weighted by Gasteiger charge is -2.54. The molecule has 0 aliphatic carbocycles. The van der Waals surface area contributed by atoms with Gasteiger partial charge in [0.2, 0.25) is 0 Å². The Morgan fingerprint density at radius 1 is 1.11 bits per heavy atom. The van der Waals surface area contributed by atoms with E-state index in [1.165, 1.54) is 45.2 Å². The van der Waals surface area contributed by atoms with E-state index in [1.54, 1.807) is 0 Å². The molecule has 1 aliphatic rings. The maximum Gasteiger partial charge on any atom is 0.0329 e. The topological polar surface area (TPSA) is 15.3 Å². The van der Waals surface area contributed by atoms with Crippen LogP contribution in [0.25, 0.3) is 0 Å². The maximum absolute atomic E-state index is 3.83. The third-order valence-electron chi connectivity index (χ3n) is 5.46. The van der Waals surface area contributed by atoms with Crippen LogP contribution >= 0.6 is 0 Å². The first-order chi connectivity index (χ1) is 8.95. The van der Waals surface area contributed by atoms with Gasteiger partial charge in [-0.15, -0.1) is 0 Å². The lowest BCUT2D eigenvalue weighted by atomic mass is 9.82. The van der Waals surface area contributed by atoms with Crippen LogP contribution < -0.4 is 5.32 Å². The molecule has 0 saturated carbocycles. The van der Waals surface area contributed by atoms with Gasteiger partial charge in [0.1, 0.15) is 0 Å².